The van der Waals surface area contributed by atoms with Crippen LogP contribution in [0.15, 0.2) is 0 Å². The molecular weight excluding hydrogens is 202 g/mol. The fourth-order valence-corrected chi connectivity index (χ4v) is 5.01. The van der Waals surface area contributed by atoms with Crippen LogP contribution < -0.4 is 0 Å². The van der Waals surface area contributed by atoms with Crippen molar-refractivity contribution >= 4 is 10.0 Å². The normalized spacial score (nSPS) is 13.5. The molecule has 1 nitrogen and oxygen atoms in total. The van der Waals surface area contributed by atoms with E-state index >= 15 is 0 Å². The van der Waals surface area contributed by atoms with Gasteiger partial charge in [-0.3, -0.25) is 0 Å². The first kappa shape index (κ1) is 15.3. The molecule has 0 aliphatic heterocycles. The van der Waals surface area contributed by atoms with E-state index in [1.807, 2.05) is 0 Å². The zero-order chi connectivity index (χ0) is 11.7. The highest BCUT2D eigenvalue weighted by atomic mass is 32.3. The van der Waals surface area contributed by atoms with Gasteiger partial charge in [0.25, 0.3) is 0 Å². The van der Waals surface area contributed by atoms with Gasteiger partial charge in [-0.15, -0.1) is 0 Å². The van der Waals surface area contributed by atoms with Gasteiger partial charge in [0.15, 0.2) is 0 Å². The summed E-state index contributed by atoms with van der Waals surface area (Å²) >= 11 is 0. The second-order valence-electron chi connectivity index (χ2n) is 4.18. The molecule has 0 aromatic rings. The molecule has 0 aromatic heterocycles. The first-order chi connectivity index (χ1) is 7.17. The summed E-state index contributed by atoms with van der Waals surface area (Å²) in [6.45, 7) is 15.4. The summed E-state index contributed by atoms with van der Waals surface area (Å²) in [6.07, 6.45) is 1.41. The molecular formula is C13H31NS. The summed E-state index contributed by atoms with van der Waals surface area (Å²) in [5.74, 6) is 5.78. The van der Waals surface area contributed by atoms with Crippen molar-refractivity contribution in [2.45, 2.75) is 41.0 Å². The Morgan fingerprint density at radius 3 is 1.60 bits per heavy atom. The summed E-state index contributed by atoms with van der Waals surface area (Å²) in [4.78, 5) is 2.55. The summed E-state index contributed by atoms with van der Waals surface area (Å²) < 4.78 is 0. The van der Waals surface area contributed by atoms with E-state index in [-0.39, 0.29) is 10.0 Å². The summed E-state index contributed by atoms with van der Waals surface area (Å²) in [6, 6.07) is 0. The average molecular weight is 233 g/mol. The Morgan fingerprint density at radius 2 is 1.27 bits per heavy atom. The zero-order valence-corrected chi connectivity index (χ0v) is 12.3. The van der Waals surface area contributed by atoms with E-state index in [2.05, 4.69) is 39.5 Å². The predicted molar refractivity (Wildman–Crippen MR) is 76.5 cm³/mol. The number of nitrogens with zero attached hydrogens (tertiary/aromatic N) is 1. The van der Waals surface area contributed by atoms with Gasteiger partial charge in [-0.1, -0.05) is 34.6 Å². The maximum Gasteiger partial charge on any atom is -0.00117 e. The van der Waals surface area contributed by atoms with Crippen LogP contribution in [0.1, 0.15) is 41.0 Å². The minimum absolute atomic E-state index is 0.249. The van der Waals surface area contributed by atoms with Crippen LogP contribution in [-0.4, -0.2) is 47.5 Å². The average Bonchev–Trinajstić information content (AvgIpc) is 2.31. The molecule has 0 aromatic carbocycles. The number of hydrogen-bond acceptors (Lipinski definition) is 1. The van der Waals surface area contributed by atoms with Gasteiger partial charge in [0.1, 0.15) is 0 Å². The first-order valence-corrected chi connectivity index (χ1v) is 8.95. The minimum atomic E-state index is -0.249. The van der Waals surface area contributed by atoms with Gasteiger partial charge in [-0.05, 0) is 49.1 Å². The maximum absolute atomic E-state index is 2.55. The first-order valence-electron chi connectivity index (χ1n) is 6.64. The van der Waals surface area contributed by atoms with Crippen molar-refractivity contribution in [2.24, 2.45) is 0 Å². The number of rotatable bonds is 9. The third kappa shape index (κ3) is 5.26. The van der Waals surface area contributed by atoms with Crippen LogP contribution in [0, 0.1) is 0 Å². The third-order valence-corrected chi connectivity index (χ3v) is 8.61. The molecule has 0 radical (unpaired) electrons. The Kier molecular flexibility index (Phi) is 8.64. The van der Waals surface area contributed by atoms with Gasteiger partial charge in [0.2, 0.25) is 0 Å². The van der Waals surface area contributed by atoms with Crippen molar-refractivity contribution in [2.75, 3.05) is 42.6 Å². The second-order valence-corrected chi connectivity index (χ2v) is 8.77. The molecule has 0 aliphatic carbocycles. The lowest BCUT2D eigenvalue weighted by atomic mass is 10.4. The van der Waals surface area contributed by atoms with Crippen LogP contribution in [0.5, 0.6) is 0 Å². The quantitative estimate of drug-likeness (QED) is 0.588. The van der Waals surface area contributed by atoms with E-state index in [4.69, 9.17) is 0 Å². The number of hydrogen-bond donors (Lipinski definition) is 0. The topological polar surface area (TPSA) is 3.24 Å². The molecule has 0 bridgehead atoms. The SMILES string of the molecule is CCN(CC)CCCS(CC)(CC)CC. The Labute approximate surface area is 98.9 Å². The van der Waals surface area contributed by atoms with E-state index in [9.17, 15) is 0 Å². The van der Waals surface area contributed by atoms with Crippen molar-refractivity contribution in [3.63, 3.8) is 0 Å². The van der Waals surface area contributed by atoms with Crippen molar-refractivity contribution in [3.8, 4) is 0 Å². The Morgan fingerprint density at radius 1 is 0.800 bits per heavy atom. The zero-order valence-electron chi connectivity index (χ0n) is 11.5. The lowest BCUT2D eigenvalue weighted by Gasteiger charge is -2.38. The molecule has 15 heavy (non-hydrogen) atoms. The summed E-state index contributed by atoms with van der Waals surface area (Å²) in [5.41, 5.74) is 0. The maximum atomic E-state index is 2.55. The third-order valence-electron chi connectivity index (χ3n) is 3.78. The molecule has 0 N–H and O–H groups in total. The molecule has 0 rings (SSSR count). The van der Waals surface area contributed by atoms with Gasteiger partial charge >= 0.3 is 0 Å². The van der Waals surface area contributed by atoms with Crippen LogP contribution in [0.25, 0.3) is 0 Å². The molecule has 0 saturated carbocycles. The van der Waals surface area contributed by atoms with Gasteiger partial charge in [-0.2, -0.15) is 0 Å². The molecule has 0 fully saturated rings. The van der Waals surface area contributed by atoms with Crippen molar-refractivity contribution < 1.29 is 0 Å². The Hall–Kier alpha value is 0.310. The van der Waals surface area contributed by atoms with Gasteiger partial charge in [-0.25, -0.2) is 10.0 Å². The Bertz CT molecular complexity index is 131. The monoisotopic (exact) mass is 233 g/mol. The lowest BCUT2D eigenvalue weighted by Crippen LogP contribution is -2.26. The highest BCUT2D eigenvalue weighted by Crippen LogP contribution is 2.47. The van der Waals surface area contributed by atoms with Gasteiger partial charge < -0.3 is 4.90 Å². The van der Waals surface area contributed by atoms with Crippen LogP contribution >= 0.6 is 10.0 Å². The van der Waals surface area contributed by atoms with Crippen molar-refractivity contribution in [1.82, 2.24) is 4.90 Å². The molecule has 2 heteroatoms. The van der Waals surface area contributed by atoms with Crippen LogP contribution in [0.3, 0.4) is 0 Å². The fourth-order valence-electron chi connectivity index (χ4n) is 2.18. The van der Waals surface area contributed by atoms with Gasteiger partial charge in [0.05, 0.1) is 0 Å². The van der Waals surface area contributed by atoms with E-state index in [1.54, 1.807) is 0 Å². The summed E-state index contributed by atoms with van der Waals surface area (Å²) in [5, 5.41) is 0. The van der Waals surface area contributed by atoms with E-state index < -0.39 is 0 Å². The minimum Gasteiger partial charge on any atom is -0.304 e. The predicted octanol–water partition coefficient (Wildman–Crippen LogP) is 3.58. The Balaban J connectivity index is 3.89. The highest BCUT2D eigenvalue weighted by molar-refractivity contribution is 8.33. The molecule has 0 saturated heterocycles. The molecule has 0 aliphatic rings. The molecule has 0 amide bonds. The van der Waals surface area contributed by atoms with Crippen LogP contribution in [-0.2, 0) is 0 Å². The van der Waals surface area contributed by atoms with Gasteiger partial charge in [0, 0.05) is 0 Å². The second kappa shape index (κ2) is 8.46. The van der Waals surface area contributed by atoms with E-state index in [0.29, 0.717) is 0 Å². The molecule has 0 unspecified atom stereocenters. The largest absolute Gasteiger partial charge is 0.304 e. The molecule has 0 atom stereocenters. The smallest absolute Gasteiger partial charge is 0.00117 e. The summed E-state index contributed by atoms with van der Waals surface area (Å²) in [7, 11) is -0.249. The van der Waals surface area contributed by atoms with Crippen molar-refractivity contribution in [1.29, 1.82) is 0 Å². The fraction of sp³-hybridized carbons (Fsp3) is 1.00. The van der Waals surface area contributed by atoms with Crippen LogP contribution in [0.2, 0.25) is 0 Å². The molecule has 94 valence electrons. The van der Waals surface area contributed by atoms with E-state index in [0.717, 1.165) is 0 Å². The molecule has 0 heterocycles. The highest BCUT2D eigenvalue weighted by Gasteiger charge is 2.16. The van der Waals surface area contributed by atoms with Crippen LogP contribution in [0.4, 0.5) is 0 Å². The molecule has 0 spiro atoms. The van der Waals surface area contributed by atoms with Crippen molar-refractivity contribution in [3.05, 3.63) is 0 Å². The van der Waals surface area contributed by atoms with E-state index in [1.165, 1.54) is 49.1 Å². The standard InChI is InChI=1S/C13H31NS/c1-6-14(7-2)12-11-13-15(8-3,9-4)10-5/h6-13H2,1-5H3. The lowest BCUT2D eigenvalue weighted by molar-refractivity contribution is 0.305.